The molecular formula is C28H26F3N3O3. The van der Waals surface area contributed by atoms with Gasteiger partial charge in [-0.2, -0.15) is 18.3 Å². The highest BCUT2D eigenvalue weighted by atomic mass is 19.4. The van der Waals surface area contributed by atoms with Crippen molar-refractivity contribution in [3.05, 3.63) is 107 Å². The lowest BCUT2D eigenvalue weighted by Gasteiger charge is -2.10. The monoisotopic (exact) mass is 509 g/mol. The summed E-state index contributed by atoms with van der Waals surface area (Å²) in [4.78, 5) is 12.8. The number of ether oxygens (including phenoxy) is 2. The predicted octanol–water partition coefficient (Wildman–Crippen LogP) is 6.49. The van der Waals surface area contributed by atoms with Crippen molar-refractivity contribution >= 4 is 11.7 Å². The summed E-state index contributed by atoms with van der Waals surface area (Å²) in [6, 6.07) is 21.1. The zero-order valence-electron chi connectivity index (χ0n) is 20.4. The van der Waals surface area contributed by atoms with Crippen molar-refractivity contribution in [3.8, 4) is 11.5 Å². The molecule has 1 amide bonds. The fourth-order valence-electron chi connectivity index (χ4n) is 3.71. The number of carbonyl (C=O) groups excluding carboxylic acids is 1. The van der Waals surface area contributed by atoms with Gasteiger partial charge < -0.3 is 14.8 Å². The lowest BCUT2D eigenvalue weighted by Crippen LogP contribution is -2.13. The van der Waals surface area contributed by atoms with Crippen LogP contribution in [-0.2, 0) is 19.3 Å². The summed E-state index contributed by atoms with van der Waals surface area (Å²) >= 11 is 0. The Balaban J connectivity index is 1.38. The van der Waals surface area contributed by atoms with Gasteiger partial charge in [0.15, 0.2) is 5.82 Å². The Morgan fingerprint density at radius 2 is 1.59 bits per heavy atom. The van der Waals surface area contributed by atoms with Crippen molar-refractivity contribution in [2.45, 2.75) is 33.2 Å². The number of amides is 1. The minimum absolute atomic E-state index is 0.143. The van der Waals surface area contributed by atoms with Crippen LogP contribution in [0.5, 0.6) is 11.5 Å². The molecule has 0 fully saturated rings. The fourth-order valence-corrected chi connectivity index (χ4v) is 3.71. The van der Waals surface area contributed by atoms with Crippen LogP contribution in [0.1, 0.15) is 39.7 Å². The Morgan fingerprint density at radius 3 is 2.30 bits per heavy atom. The quantitative estimate of drug-likeness (QED) is 0.280. The molecule has 1 aromatic heterocycles. The van der Waals surface area contributed by atoms with Crippen LogP contribution >= 0.6 is 0 Å². The molecule has 0 spiro atoms. The van der Waals surface area contributed by atoms with Gasteiger partial charge >= 0.3 is 6.18 Å². The number of halogens is 3. The van der Waals surface area contributed by atoms with E-state index in [1.165, 1.54) is 6.07 Å². The summed E-state index contributed by atoms with van der Waals surface area (Å²) in [6.45, 7) is 4.70. The summed E-state index contributed by atoms with van der Waals surface area (Å²) < 4.78 is 51.8. The van der Waals surface area contributed by atoms with Crippen LogP contribution in [-0.4, -0.2) is 22.3 Å². The second-order valence-electron chi connectivity index (χ2n) is 8.37. The molecule has 0 saturated heterocycles. The Morgan fingerprint density at radius 1 is 0.919 bits per heavy atom. The van der Waals surface area contributed by atoms with E-state index in [9.17, 15) is 18.0 Å². The number of hydrogen-bond donors (Lipinski definition) is 1. The van der Waals surface area contributed by atoms with Crippen LogP contribution in [0, 0.1) is 6.92 Å². The summed E-state index contributed by atoms with van der Waals surface area (Å²) in [5.41, 5.74) is 1.68. The molecule has 1 heterocycles. The molecule has 9 heteroatoms. The number of alkyl halides is 3. The van der Waals surface area contributed by atoms with Crippen LogP contribution < -0.4 is 14.8 Å². The van der Waals surface area contributed by atoms with Crippen LogP contribution in [0.15, 0.2) is 78.9 Å². The van der Waals surface area contributed by atoms with E-state index in [0.29, 0.717) is 35.0 Å². The Labute approximate surface area is 212 Å². The van der Waals surface area contributed by atoms with E-state index >= 15 is 0 Å². The van der Waals surface area contributed by atoms with E-state index in [1.807, 2.05) is 37.3 Å². The maximum atomic E-state index is 13.0. The van der Waals surface area contributed by atoms with Crippen molar-refractivity contribution in [3.63, 3.8) is 0 Å². The first-order valence-corrected chi connectivity index (χ1v) is 11.7. The first-order chi connectivity index (χ1) is 17.7. The Bertz CT molecular complexity index is 1370. The Kier molecular flexibility index (Phi) is 7.81. The second kappa shape index (κ2) is 11.2. The highest BCUT2D eigenvalue weighted by Gasteiger charge is 2.30. The average molecular weight is 510 g/mol. The van der Waals surface area contributed by atoms with Gasteiger partial charge in [-0.3, -0.25) is 9.48 Å². The molecule has 37 heavy (non-hydrogen) atoms. The number of rotatable bonds is 9. The van der Waals surface area contributed by atoms with Gasteiger partial charge in [-0.1, -0.05) is 24.3 Å². The number of carbonyl (C=O) groups is 1. The van der Waals surface area contributed by atoms with Crippen molar-refractivity contribution in [2.24, 2.45) is 0 Å². The molecule has 0 bridgehead atoms. The molecule has 0 unspecified atom stereocenters. The topological polar surface area (TPSA) is 65.4 Å². The third-order valence-corrected chi connectivity index (χ3v) is 5.54. The number of nitrogens with one attached hydrogen (secondary N) is 1. The molecule has 0 aliphatic heterocycles. The first-order valence-electron chi connectivity index (χ1n) is 11.7. The van der Waals surface area contributed by atoms with Crippen LogP contribution in [0.2, 0.25) is 0 Å². The highest BCUT2D eigenvalue weighted by molar-refractivity contribution is 6.03. The predicted molar refractivity (Wildman–Crippen MR) is 134 cm³/mol. The number of hydrogen-bond acceptors (Lipinski definition) is 4. The standard InChI is InChI=1S/C28H26F3N3O3/c1-3-36-24-10-12-25(13-11-24)37-18-21-7-4-8-22(15-21)27(35)32-26-14-19(2)34(33-26)17-20-6-5-9-23(16-20)28(29,30)31/h4-16H,3,17-18H2,1-2H3,(H,32,33,35). The fraction of sp³-hybridized carbons (Fsp3) is 0.214. The molecule has 192 valence electrons. The number of aromatic nitrogens is 2. The van der Waals surface area contributed by atoms with Crippen LogP contribution in [0.4, 0.5) is 19.0 Å². The van der Waals surface area contributed by atoms with Crippen molar-refractivity contribution in [2.75, 3.05) is 11.9 Å². The van der Waals surface area contributed by atoms with Crippen molar-refractivity contribution in [1.82, 2.24) is 9.78 Å². The maximum absolute atomic E-state index is 13.0. The molecule has 0 aliphatic rings. The highest BCUT2D eigenvalue weighted by Crippen LogP contribution is 2.29. The molecule has 1 N–H and O–H groups in total. The zero-order chi connectivity index (χ0) is 26.4. The van der Waals surface area contributed by atoms with Gasteiger partial charge in [-0.25, -0.2) is 0 Å². The normalized spacial score (nSPS) is 11.3. The smallest absolute Gasteiger partial charge is 0.416 e. The van der Waals surface area contributed by atoms with Gasteiger partial charge in [0.1, 0.15) is 18.1 Å². The minimum atomic E-state index is -4.41. The first kappa shape index (κ1) is 25.8. The van der Waals surface area contributed by atoms with E-state index in [0.717, 1.165) is 23.4 Å². The second-order valence-corrected chi connectivity index (χ2v) is 8.37. The van der Waals surface area contributed by atoms with Gasteiger partial charge in [0.25, 0.3) is 5.91 Å². The number of nitrogens with zero attached hydrogens (tertiary/aromatic N) is 2. The van der Waals surface area contributed by atoms with E-state index in [2.05, 4.69) is 10.4 Å². The summed E-state index contributed by atoms with van der Waals surface area (Å²) in [5.74, 6) is 1.40. The molecule has 3 aromatic carbocycles. The molecule has 0 saturated carbocycles. The van der Waals surface area contributed by atoms with E-state index in [1.54, 1.807) is 41.9 Å². The third kappa shape index (κ3) is 6.91. The molecule has 4 aromatic rings. The minimum Gasteiger partial charge on any atom is -0.494 e. The molecule has 4 rings (SSSR count). The van der Waals surface area contributed by atoms with Gasteiger partial charge in [0.2, 0.25) is 0 Å². The number of anilines is 1. The Hall–Kier alpha value is -4.27. The van der Waals surface area contributed by atoms with E-state index < -0.39 is 11.7 Å². The lowest BCUT2D eigenvalue weighted by atomic mass is 10.1. The van der Waals surface area contributed by atoms with Gasteiger partial charge in [-0.05, 0) is 73.5 Å². The van der Waals surface area contributed by atoms with Crippen LogP contribution in [0.25, 0.3) is 0 Å². The lowest BCUT2D eigenvalue weighted by molar-refractivity contribution is -0.137. The zero-order valence-corrected chi connectivity index (χ0v) is 20.4. The molecule has 0 atom stereocenters. The van der Waals surface area contributed by atoms with E-state index in [4.69, 9.17) is 9.47 Å². The summed E-state index contributed by atoms with van der Waals surface area (Å²) in [6.07, 6.45) is -4.41. The average Bonchev–Trinajstić information content (AvgIpc) is 3.21. The maximum Gasteiger partial charge on any atom is 0.416 e. The molecule has 0 radical (unpaired) electrons. The van der Waals surface area contributed by atoms with Crippen molar-refractivity contribution in [1.29, 1.82) is 0 Å². The van der Waals surface area contributed by atoms with E-state index in [-0.39, 0.29) is 19.1 Å². The molecule has 6 nitrogen and oxygen atoms in total. The third-order valence-electron chi connectivity index (χ3n) is 5.54. The number of aryl methyl sites for hydroxylation is 1. The number of benzene rings is 3. The summed E-state index contributed by atoms with van der Waals surface area (Å²) in [5, 5.41) is 7.10. The van der Waals surface area contributed by atoms with Crippen molar-refractivity contribution < 1.29 is 27.4 Å². The largest absolute Gasteiger partial charge is 0.494 e. The van der Waals surface area contributed by atoms with Gasteiger partial charge in [0, 0.05) is 17.3 Å². The summed E-state index contributed by atoms with van der Waals surface area (Å²) in [7, 11) is 0. The van der Waals surface area contributed by atoms with Gasteiger partial charge in [0.05, 0.1) is 18.7 Å². The SMILES string of the molecule is CCOc1ccc(OCc2cccc(C(=O)Nc3cc(C)n(Cc4cccc(C(F)(F)F)c4)n3)c2)cc1. The molecule has 0 aliphatic carbocycles. The van der Waals surface area contributed by atoms with Crippen LogP contribution in [0.3, 0.4) is 0 Å². The van der Waals surface area contributed by atoms with Gasteiger partial charge in [-0.15, -0.1) is 0 Å². The molecular weight excluding hydrogens is 483 g/mol.